The fourth-order valence-electron chi connectivity index (χ4n) is 1.85. The second kappa shape index (κ2) is 8.30. The highest BCUT2D eigenvalue weighted by molar-refractivity contribution is 7.89. The van der Waals surface area contributed by atoms with Crippen LogP contribution >= 0.6 is 0 Å². The van der Waals surface area contributed by atoms with Crippen LogP contribution in [0.2, 0.25) is 0 Å². The number of rotatable bonds is 9. The summed E-state index contributed by atoms with van der Waals surface area (Å²) in [5, 5.41) is 3.12. The van der Waals surface area contributed by atoms with Gasteiger partial charge in [0.2, 0.25) is 10.0 Å². The summed E-state index contributed by atoms with van der Waals surface area (Å²) in [7, 11) is -3.13. The van der Waals surface area contributed by atoms with E-state index in [-0.39, 0.29) is 5.75 Å². The van der Waals surface area contributed by atoms with Crippen LogP contribution in [-0.2, 0) is 16.4 Å². The van der Waals surface area contributed by atoms with Gasteiger partial charge in [0, 0.05) is 6.54 Å². The molecular formula is C14H24N2O2S. The zero-order valence-electron chi connectivity index (χ0n) is 11.8. The highest BCUT2D eigenvalue weighted by Gasteiger charge is 2.08. The van der Waals surface area contributed by atoms with Gasteiger partial charge in [-0.05, 0) is 38.4 Å². The van der Waals surface area contributed by atoms with Gasteiger partial charge in [0.15, 0.2) is 0 Å². The average molecular weight is 284 g/mol. The van der Waals surface area contributed by atoms with Crippen LogP contribution in [0.1, 0.15) is 24.5 Å². The summed E-state index contributed by atoms with van der Waals surface area (Å²) in [6, 6.07) is 8.13. The largest absolute Gasteiger partial charge is 0.317 e. The lowest BCUT2D eigenvalue weighted by Gasteiger charge is -2.07. The lowest BCUT2D eigenvalue weighted by Crippen LogP contribution is -2.30. The summed E-state index contributed by atoms with van der Waals surface area (Å²) in [6.45, 7) is 6.13. The Morgan fingerprint density at radius 1 is 1.21 bits per heavy atom. The van der Waals surface area contributed by atoms with Crippen LogP contribution in [0.25, 0.3) is 0 Å². The molecule has 0 saturated heterocycles. The van der Waals surface area contributed by atoms with Crippen molar-refractivity contribution in [2.24, 2.45) is 0 Å². The van der Waals surface area contributed by atoms with Crippen molar-refractivity contribution >= 4 is 10.0 Å². The quantitative estimate of drug-likeness (QED) is 0.675. The van der Waals surface area contributed by atoms with Crippen molar-refractivity contribution in [2.75, 3.05) is 25.4 Å². The zero-order valence-corrected chi connectivity index (χ0v) is 12.6. The summed E-state index contributed by atoms with van der Waals surface area (Å²) in [4.78, 5) is 0. The molecule has 0 radical (unpaired) electrons. The minimum absolute atomic E-state index is 0.188. The van der Waals surface area contributed by atoms with Crippen LogP contribution in [0.5, 0.6) is 0 Å². The predicted octanol–water partition coefficient (Wildman–Crippen LogP) is 1.46. The molecule has 0 aliphatic heterocycles. The van der Waals surface area contributed by atoms with Crippen LogP contribution in [0.3, 0.4) is 0 Å². The van der Waals surface area contributed by atoms with E-state index in [0.29, 0.717) is 13.0 Å². The summed E-state index contributed by atoms with van der Waals surface area (Å²) in [6.07, 6.45) is 1.38. The first-order valence-corrected chi connectivity index (χ1v) is 8.42. The maximum Gasteiger partial charge on any atom is 0.211 e. The standard InChI is InChI=1S/C14H24N2O2S/c1-3-15-9-5-11-19(17,18)16-10-8-14-7-4-6-13(2)12-14/h4,6-7,12,15-16H,3,5,8-11H2,1-2H3. The van der Waals surface area contributed by atoms with Gasteiger partial charge in [-0.25, -0.2) is 13.1 Å². The normalized spacial score (nSPS) is 11.7. The smallest absolute Gasteiger partial charge is 0.211 e. The van der Waals surface area contributed by atoms with Crippen LogP contribution in [0, 0.1) is 6.92 Å². The molecule has 0 bridgehead atoms. The number of aryl methyl sites for hydroxylation is 1. The summed E-state index contributed by atoms with van der Waals surface area (Å²) in [5.41, 5.74) is 2.36. The predicted molar refractivity (Wildman–Crippen MR) is 79.8 cm³/mol. The first-order valence-electron chi connectivity index (χ1n) is 6.77. The first-order chi connectivity index (χ1) is 9.03. The first kappa shape index (κ1) is 16.1. The van der Waals surface area contributed by atoms with E-state index in [0.717, 1.165) is 25.1 Å². The van der Waals surface area contributed by atoms with E-state index in [9.17, 15) is 8.42 Å². The SMILES string of the molecule is CCNCCCS(=O)(=O)NCCc1cccc(C)c1. The zero-order chi connectivity index (χ0) is 14.1. The van der Waals surface area contributed by atoms with E-state index in [1.165, 1.54) is 5.56 Å². The Labute approximate surface area is 116 Å². The second-order valence-electron chi connectivity index (χ2n) is 4.66. The number of nitrogens with one attached hydrogen (secondary N) is 2. The topological polar surface area (TPSA) is 58.2 Å². The van der Waals surface area contributed by atoms with E-state index in [1.807, 2.05) is 32.0 Å². The van der Waals surface area contributed by atoms with E-state index < -0.39 is 10.0 Å². The van der Waals surface area contributed by atoms with E-state index in [1.54, 1.807) is 0 Å². The van der Waals surface area contributed by atoms with E-state index >= 15 is 0 Å². The van der Waals surface area contributed by atoms with Crippen LogP contribution in [-0.4, -0.2) is 33.8 Å². The third-order valence-electron chi connectivity index (χ3n) is 2.83. The van der Waals surface area contributed by atoms with Gasteiger partial charge >= 0.3 is 0 Å². The summed E-state index contributed by atoms with van der Waals surface area (Å²) >= 11 is 0. The molecule has 0 heterocycles. The third-order valence-corrected chi connectivity index (χ3v) is 4.30. The maximum atomic E-state index is 11.7. The molecule has 19 heavy (non-hydrogen) atoms. The molecule has 0 aliphatic carbocycles. The number of sulfonamides is 1. The maximum absolute atomic E-state index is 11.7. The van der Waals surface area contributed by atoms with E-state index in [2.05, 4.69) is 16.1 Å². The molecule has 0 aromatic heterocycles. The van der Waals surface area contributed by atoms with Crippen molar-refractivity contribution in [1.82, 2.24) is 10.0 Å². The minimum Gasteiger partial charge on any atom is -0.317 e. The van der Waals surface area contributed by atoms with Gasteiger partial charge in [0.25, 0.3) is 0 Å². The average Bonchev–Trinajstić information content (AvgIpc) is 2.35. The number of hydrogen-bond donors (Lipinski definition) is 2. The van der Waals surface area contributed by atoms with Crippen molar-refractivity contribution in [3.63, 3.8) is 0 Å². The molecule has 0 fully saturated rings. The molecule has 2 N–H and O–H groups in total. The number of hydrogen-bond acceptors (Lipinski definition) is 3. The molecule has 4 nitrogen and oxygen atoms in total. The van der Waals surface area contributed by atoms with Gasteiger partial charge in [-0.15, -0.1) is 0 Å². The Morgan fingerprint density at radius 2 is 2.00 bits per heavy atom. The Bertz CT molecular complexity index is 472. The second-order valence-corrected chi connectivity index (χ2v) is 6.59. The Kier molecular flexibility index (Phi) is 7.05. The molecule has 0 saturated carbocycles. The van der Waals surface area contributed by atoms with Gasteiger partial charge in [-0.3, -0.25) is 0 Å². The van der Waals surface area contributed by atoms with Gasteiger partial charge in [-0.2, -0.15) is 0 Å². The molecule has 108 valence electrons. The number of benzene rings is 1. The lowest BCUT2D eigenvalue weighted by atomic mass is 10.1. The fourth-order valence-corrected chi connectivity index (χ4v) is 2.94. The molecule has 0 spiro atoms. The molecule has 1 rings (SSSR count). The van der Waals surface area contributed by atoms with Gasteiger partial charge in [-0.1, -0.05) is 36.8 Å². The molecule has 0 amide bonds. The third kappa shape index (κ3) is 7.30. The van der Waals surface area contributed by atoms with Crippen LogP contribution in [0.4, 0.5) is 0 Å². The summed E-state index contributed by atoms with van der Waals surface area (Å²) in [5.74, 6) is 0.188. The van der Waals surface area contributed by atoms with Crippen LogP contribution in [0.15, 0.2) is 24.3 Å². The van der Waals surface area contributed by atoms with Gasteiger partial charge in [0.05, 0.1) is 5.75 Å². The van der Waals surface area contributed by atoms with Gasteiger partial charge in [0.1, 0.15) is 0 Å². The Balaban J connectivity index is 2.27. The Morgan fingerprint density at radius 3 is 2.68 bits per heavy atom. The molecular weight excluding hydrogens is 260 g/mol. The minimum atomic E-state index is -3.13. The molecule has 0 atom stereocenters. The van der Waals surface area contributed by atoms with Gasteiger partial charge < -0.3 is 5.32 Å². The monoisotopic (exact) mass is 284 g/mol. The van der Waals surface area contributed by atoms with Crippen molar-refractivity contribution in [1.29, 1.82) is 0 Å². The lowest BCUT2D eigenvalue weighted by molar-refractivity contribution is 0.576. The van der Waals surface area contributed by atoms with Crippen molar-refractivity contribution < 1.29 is 8.42 Å². The van der Waals surface area contributed by atoms with E-state index in [4.69, 9.17) is 0 Å². The summed E-state index contributed by atoms with van der Waals surface area (Å²) < 4.78 is 26.1. The molecule has 0 unspecified atom stereocenters. The molecule has 1 aromatic carbocycles. The Hall–Kier alpha value is -0.910. The molecule has 0 aliphatic rings. The molecule has 5 heteroatoms. The van der Waals surface area contributed by atoms with Crippen molar-refractivity contribution in [3.05, 3.63) is 35.4 Å². The fraction of sp³-hybridized carbons (Fsp3) is 0.571. The highest BCUT2D eigenvalue weighted by Crippen LogP contribution is 2.04. The van der Waals surface area contributed by atoms with Crippen molar-refractivity contribution in [2.45, 2.75) is 26.7 Å². The van der Waals surface area contributed by atoms with Crippen LogP contribution < -0.4 is 10.0 Å². The highest BCUT2D eigenvalue weighted by atomic mass is 32.2. The molecule has 1 aromatic rings. The van der Waals surface area contributed by atoms with Crippen molar-refractivity contribution in [3.8, 4) is 0 Å².